The van der Waals surface area contributed by atoms with E-state index in [1.165, 1.54) is 0 Å². The van der Waals surface area contributed by atoms with Gasteiger partial charge in [-0.25, -0.2) is 5.48 Å². The van der Waals surface area contributed by atoms with E-state index in [0.29, 0.717) is 11.3 Å². The van der Waals surface area contributed by atoms with E-state index >= 15 is 0 Å². The average molecular weight is 208 g/mol. The van der Waals surface area contributed by atoms with Crippen molar-refractivity contribution in [2.75, 3.05) is 0 Å². The number of aryl methyl sites for hydroxylation is 1. The lowest BCUT2D eigenvalue weighted by atomic mass is 10.2. The molecule has 15 heavy (non-hydrogen) atoms. The third kappa shape index (κ3) is 3.67. The molecule has 4 heteroatoms. The Bertz CT molecular complexity index is 356. The first-order chi connectivity index (χ1) is 6.90. The minimum atomic E-state index is -0.397. The number of nitrogens with one attached hydrogen (secondary N) is 1. The fourth-order valence-electron chi connectivity index (χ4n) is 0.979. The lowest BCUT2D eigenvalue weighted by molar-refractivity contribution is -0.0590. The molecule has 1 N–H and O–H groups in total. The second kappa shape index (κ2) is 4.40. The molecule has 0 bridgehead atoms. The van der Waals surface area contributed by atoms with Crippen molar-refractivity contribution in [1.82, 2.24) is 10.5 Å². The summed E-state index contributed by atoms with van der Waals surface area (Å²) in [5.41, 5.74) is 3.22. The molecule has 0 atom stereocenters. The lowest BCUT2D eigenvalue weighted by Gasteiger charge is -2.19. The number of hydrogen-bond acceptors (Lipinski definition) is 3. The molecular formula is C11H16N2O2. The molecule has 0 saturated carbocycles. The molecule has 82 valence electrons. The summed E-state index contributed by atoms with van der Waals surface area (Å²) in [6, 6.07) is 3.43. The first kappa shape index (κ1) is 11.7. The molecule has 1 aromatic rings. The van der Waals surface area contributed by atoms with Gasteiger partial charge in [-0.15, -0.1) is 0 Å². The van der Waals surface area contributed by atoms with Crippen LogP contribution in [0.5, 0.6) is 0 Å². The van der Waals surface area contributed by atoms with Crippen molar-refractivity contribution in [3.8, 4) is 0 Å². The third-order valence-corrected chi connectivity index (χ3v) is 1.70. The first-order valence-corrected chi connectivity index (χ1v) is 4.80. The van der Waals surface area contributed by atoms with Crippen LogP contribution in [0.1, 0.15) is 36.8 Å². The maximum absolute atomic E-state index is 11.6. The summed E-state index contributed by atoms with van der Waals surface area (Å²) < 4.78 is 0. The van der Waals surface area contributed by atoms with Crippen molar-refractivity contribution < 1.29 is 9.63 Å². The highest BCUT2D eigenvalue weighted by molar-refractivity contribution is 5.94. The Balaban J connectivity index is 2.66. The Morgan fingerprint density at radius 2 is 2.13 bits per heavy atom. The zero-order valence-corrected chi connectivity index (χ0v) is 9.50. The van der Waals surface area contributed by atoms with Gasteiger partial charge in [0, 0.05) is 6.20 Å². The molecule has 0 fully saturated rings. The highest BCUT2D eigenvalue weighted by atomic mass is 16.7. The average Bonchev–Trinajstić information content (AvgIpc) is 2.14. The Kier molecular flexibility index (Phi) is 3.42. The van der Waals surface area contributed by atoms with Crippen LogP contribution in [0.25, 0.3) is 0 Å². The second-order valence-electron chi connectivity index (χ2n) is 4.28. The molecule has 0 aliphatic heterocycles. The van der Waals surface area contributed by atoms with E-state index in [-0.39, 0.29) is 5.91 Å². The zero-order valence-electron chi connectivity index (χ0n) is 9.50. The van der Waals surface area contributed by atoms with E-state index in [1.807, 2.05) is 20.8 Å². The highest BCUT2D eigenvalue weighted by Crippen LogP contribution is 2.07. The van der Waals surface area contributed by atoms with Crippen molar-refractivity contribution in [1.29, 1.82) is 0 Å². The summed E-state index contributed by atoms with van der Waals surface area (Å²) in [5.74, 6) is -0.268. The van der Waals surface area contributed by atoms with Gasteiger partial charge in [0.1, 0.15) is 0 Å². The van der Waals surface area contributed by atoms with Crippen molar-refractivity contribution in [3.63, 3.8) is 0 Å². The Labute approximate surface area is 89.6 Å². The standard InChI is InChI=1S/C11H16N2O2/c1-8-9(6-5-7-12-8)10(14)13-15-11(2,3)4/h5-7H,1-4H3,(H,13,14). The minimum Gasteiger partial charge on any atom is -0.268 e. The molecule has 0 aromatic carbocycles. The van der Waals surface area contributed by atoms with Gasteiger partial charge in [0.25, 0.3) is 5.91 Å². The third-order valence-electron chi connectivity index (χ3n) is 1.70. The number of nitrogens with zero attached hydrogens (tertiary/aromatic N) is 1. The van der Waals surface area contributed by atoms with E-state index in [1.54, 1.807) is 25.3 Å². The van der Waals surface area contributed by atoms with Crippen molar-refractivity contribution >= 4 is 5.91 Å². The van der Waals surface area contributed by atoms with Crippen molar-refractivity contribution in [3.05, 3.63) is 29.6 Å². The molecular weight excluding hydrogens is 192 g/mol. The summed E-state index contributed by atoms with van der Waals surface area (Å²) in [4.78, 5) is 20.8. The van der Waals surface area contributed by atoms with Crippen LogP contribution in [0.15, 0.2) is 18.3 Å². The quantitative estimate of drug-likeness (QED) is 0.754. The van der Waals surface area contributed by atoms with Crippen molar-refractivity contribution in [2.45, 2.75) is 33.3 Å². The van der Waals surface area contributed by atoms with Gasteiger partial charge in [0.2, 0.25) is 0 Å². The van der Waals surface area contributed by atoms with Gasteiger partial charge >= 0.3 is 0 Å². The minimum absolute atomic E-state index is 0.268. The molecule has 4 nitrogen and oxygen atoms in total. The van der Waals surface area contributed by atoms with Crippen LogP contribution in [0.4, 0.5) is 0 Å². The van der Waals surface area contributed by atoms with E-state index in [9.17, 15) is 4.79 Å². The van der Waals surface area contributed by atoms with Crippen LogP contribution >= 0.6 is 0 Å². The summed E-state index contributed by atoms with van der Waals surface area (Å²) >= 11 is 0. The van der Waals surface area contributed by atoms with Gasteiger partial charge in [-0.3, -0.25) is 14.6 Å². The van der Waals surface area contributed by atoms with Gasteiger partial charge in [0.05, 0.1) is 16.9 Å². The van der Waals surface area contributed by atoms with Crippen LogP contribution in [0, 0.1) is 6.92 Å². The maximum Gasteiger partial charge on any atom is 0.276 e. The fraction of sp³-hybridized carbons (Fsp3) is 0.455. The van der Waals surface area contributed by atoms with Gasteiger partial charge in [-0.2, -0.15) is 0 Å². The molecule has 0 radical (unpaired) electrons. The van der Waals surface area contributed by atoms with Crippen LogP contribution < -0.4 is 5.48 Å². The van der Waals surface area contributed by atoms with Gasteiger partial charge in [-0.05, 0) is 39.8 Å². The molecule has 0 aliphatic carbocycles. The van der Waals surface area contributed by atoms with Crippen LogP contribution in [0.2, 0.25) is 0 Å². The summed E-state index contributed by atoms with van der Waals surface area (Å²) in [6.45, 7) is 7.38. The number of hydroxylamine groups is 1. The SMILES string of the molecule is Cc1ncccc1C(=O)NOC(C)(C)C. The molecule has 1 heterocycles. The summed E-state index contributed by atoms with van der Waals surface area (Å²) in [6.07, 6.45) is 1.65. The molecule has 1 rings (SSSR count). The number of amides is 1. The molecule has 0 saturated heterocycles. The number of aromatic nitrogens is 1. The summed E-state index contributed by atoms with van der Waals surface area (Å²) in [7, 11) is 0. The molecule has 1 amide bonds. The van der Waals surface area contributed by atoms with Gasteiger partial charge in [0.15, 0.2) is 0 Å². The lowest BCUT2D eigenvalue weighted by Crippen LogP contribution is -2.33. The normalized spacial score (nSPS) is 11.2. The molecule has 0 unspecified atom stereocenters. The molecule has 0 aliphatic rings. The molecule has 1 aromatic heterocycles. The highest BCUT2D eigenvalue weighted by Gasteiger charge is 2.15. The number of carbonyl (C=O) groups excluding carboxylic acids is 1. The largest absolute Gasteiger partial charge is 0.276 e. The Hall–Kier alpha value is -1.42. The van der Waals surface area contributed by atoms with Crippen LogP contribution in [-0.4, -0.2) is 16.5 Å². The second-order valence-corrected chi connectivity index (χ2v) is 4.28. The van der Waals surface area contributed by atoms with Crippen molar-refractivity contribution in [2.24, 2.45) is 0 Å². The Morgan fingerprint density at radius 3 is 2.67 bits per heavy atom. The predicted molar refractivity (Wildman–Crippen MR) is 57.3 cm³/mol. The monoisotopic (exact) mass is 208 g/mol. The Morgan fingerprint density at radius 1 is 1.47 bits per heavy atom. The van der Waals surface area contributed by atoms with Gasteiger partial charge < -0.3 is 0 Å². The first-order valence-electron chi connectivity index (χ1n) is 4.80. The topological polar surface area (TPSA) is 51.2 Å². The number of pyridine rings is 1. The number of carbonyl (C=O) groups is 1. The number of rotatable bonds is 2. The van der Waals surface area contributed by atoms with E-state index in [0.717, 1.165) is 0 Å². The van der Waals surface area contributed by atoms with Crippen LogP contribution in [-0.2, 0) is 4.84 Å². The fourth-order valence-corrected chi connectivity index (χ4v) is 0.979. The van der Waals surface area contributed by atoms with Crippen LogP contribution in [0.3, 0.4) is 0 Å². The predicted octanol–water partition coefficient (Wildman–Crippen LogP) is 1.85. The van der Waals surface area contributed by atoms with E-state index < -0.39 is 5.60 Å². The number of hydrogen-bond donors (Lipinski definition) is 1. The zero-order chi connectivity index (χ0) is 11.5. The smallest absolute Gasteiger partial charge is 0.268 e. The van der Waals surface area contributed by atoms with Gasteiger partial charge in [-0.1, -0.05) is 0 Å². The summed E-state index contributed by atoms with van der Waals surface area (Å²) in [5, 5.41) is 0. The maximum atomic E-state index is 11.6. The van der Waals surface area contributed by atoms with E-state index in [4.69, 9.17) is 4.84 Å². The van der Waals surface area contributed by atoms with E-state index in [2.05, 4.69) is 10.5 Å². The molecule has 0 spiro atoms.